The van der Waals surface area contributed by atoms with E-state index in [4.69, 9.17) is 16.9 Å². The number of rotatable bonds is 1. The number of hydrogen-bond acceptors (Lipinski definition) is 2. The lowest BCUT2D eigenvalue weighted by Gasteiger charge is -2.24. The van der Waals surface area contributed by atoms with Gasteiger partial charge >= 0.3 is 0 Å². The van der Waals surface area contributed by atoms with Gasteiger partial charge in [0, 0.05) is 18.1 Å². The van der Waals surface area contributed by atoms with Crippen molar-refractivity contribution in [2.45, 2.75) is 26.2 Å². The molecule has 0 saturated carbocycles. The maximum absolute atomic E-state index is 9.14. The van der Waals surface area contributed by atoms with Crippen LogP contribution in [0.15, 0.2) is 18.2 Å². The van der Waals surface area contributed by atoms with Crippen LogP contribution < -0.4 is 4.90 Å². The summed E-state index contributed by atoms with van der Waals surface area (Å²) < 4.78 is 0. The maximum atomic E-state index is 9.14. The summed E-state index contributed by atoms with van der Waals surface area (Å²) in [5.74, 6) is 0.782. The van der Waals surface area contributed by atoms with E-state index in [0.29, 0.717) is 5.02 Å². The van der Waals surface area contributed by atoms with E-state index in [0.717, 1.165) is 30.3 Å². The molecule has 0 spiro atoms. The maximum Gasteiger partial charge on any atom is 0.101 e. The Kier molecular flexibility index (Phi) is 3.91. The van der Waals surface area contributed by atoms with Gasteiger partial charge in [-0.15, -0.1) is 0 Å². The zero-order valence-electron chi connectivity index (χ0n) is 10.1. The molecule has 0 bridgehead atoms. The fourth-order valence-electron chi connectivity index (χ4n) is 2.36. The van der Waals surface area contributed by atoms with Crippen LogP contribution >= 0.6 is 11.6 Å². The number of anilines is 1. The molecule has 0 radical (unpaired) electrons. The molecule has 17 heavy (non-hydrogen) atoms. The topological polar surface area (TPSA) is 27.0 Å². The highest BCUT2D eigenvalue weighted by atomic mass is 35.5. The highest BCUT2D eigenvalue weighted by Gasteiger charge is 2.16. The smallest absolute Gasteiger partial charge is 0.101 e. The van der Waals surface area contributed by atoms with E-state index in [1.807, 2.05) is 12.1 Å². The van der Waals surface area contributed by atoms with Crippen LogP contribution in [0.5, 0.6) is 0 Å². The van der Waals surface area contributed by atoms with Crippen LogP contribution in [0.1, 0.15) is 31.7 Å². The summed E-state index contributed by atoms with van der Waals surface area (Å²) in [6.45, 7) is 4.35. The predicted octanol–water partition coefficient (Wildman–Crippen LogP) is 3.84. The van der Waals surface area contributed by atoms with Gasteiger partial charge in [-0.1, -0.05) is 18.5 Å². The Morgan fingerprint density at radius 3 is 2.94 bits per heavy atom. The van der Waals surface area contributed by atoms with E-state index < -0.39 is 0 Å². The van der Waals surface area contributed by atoms with Crippen LogP contribution in [0.4, 0.5) is 5.69 Å². The van der Waals surface area contributed by atoms with Crippen molar-refractivity contribution in [2.24, 2.45) is 5.92 Å². The Labute approximate surface area is 108 Å². The number of nitrogens with zero attached hydrogens (tertiary/aromatic N) is 2. The van der Waals surface area contributed by atoms with Crippen LogP contribution in [0.2, 0.25) is 5.02 Å². The lowest BCUT2D eigenvalue weighted by atomic mass is 10.0. The van der Waals surface area contributed by atoms with Gasteiger partial charge in [-0.05, 0) is 43.4 Å². The number of nitriles is 1. The van der Waals surface area contributed by atoms with Gasteiger partial charge < -0.3 is 4.90 Å². The molecule has 1 aliphatic rings. The molecule has 1 fully saturated rings. The second kappa shape index (κ2) is 5.42. The highest BCUT2D eigenvalue weighted by molar-refractivity contribution is 6.30. The Morgan fingerprint density at radius 2 is 2.18 bits per heavy atom. The van der Waals surface area contributed by atoms with E-state index >= 15 is 0 Å². The molecule has 0 N–H and O–H groups in total. The molecular formula is C14H17ClN2. The van der Waals surface area contributed by atoms with E-state index in [1.54, 1.807) is 6.07 Å². The van der Waals surface area contributed by atoms with Crippen LogP contribution in [-0.2, 0) is 0 Å². The molecule has 1 unspecified atom stereocenters. The first-order valence-corrected chi connectivity index (χ1v) is 6.53. The van der Waals surface area contributed by atoms with E-state index in [2.05, 4.69) is 17.9 Å². The monoisotopic (exact) mass is 248 g/mol. The van der Waals surface area contributed by atoms with Gasteiger partial charge in [0.25, 0.3) is 0 Å². The van der Waals surface area contributed by atoms with Crippen molar-refractivity contribution in [3.8, 4) is 6.07 Å². The molecule has 1 heterocycles. The fourth-order valence-corrected chi connectivity index (χ4v) is 2.53. The van der Waals surface area contributed by atoms with E-state index in [1.165, 1.54) is 19.3 Å². The largest absolute Gasteiger partial charge is 0.370 e. The minimum atomic E-state index is 0.705. The summed E-state index contributed by atoms with van der Waals surface area (Å²) in [6, 6.07) is 7.76. The van der Waals surface area contributed by atoms with Crippen molar-refractivity contribution in [1.82, 2.24) is 0 Å². The third-order valence-corrected chi connectivity index (χ3v) is 3.67. The summed E-state index contributed by atoms with van der Waals surface area (Å²) >= 11 is 6.03. The molecule has 90 valence electrons. The van der Waals surface area contributed by atoms with Gasteiger partial charge in [-0.2, -0.15) is 5.26 Å². The van der Waals surface area contributed by atoms with Crippen LogP contribution in [0, 0.1) is 17.2 Å². The Bertz CT molecular complexity index is 436. The van der Waals surface area contributed by atoms with Crippen LogP contribution in [0.25, 0.3) is 0 Å². The van der Waals surface area contributed by atoms with Gasteiger partial charge in [0.05, 0.1) is 11.3 Å². The number of hydrogen-bond donors (Lipinski definition) is 0. The normalized spacial score (nSPS) is 20.8. The van der Waals surface area contributed by atoms with Gasteiger partial charge in [-0.25, -0.2) is 0 Å². The van der Waals surface area contributed by atoms with Crippen molar-refractivity contribution in [3.63, 3.8) is 0 Å². The first kappa shape index (κ1) is 12.3. The van der Waals surface area contributed by atoms with Gasteiger partial charge in [0.1, 0.15) is 6.07 Å². The van der Waals surface area contributed by atoms with Crippen molar-refractivity contribution in [1.29, 1.82) is 5.26 Å². The molecule has 3 heteroatoms. The Balaban J connectivity index is 2.26. The lowest BCUT2D eigenvalue weighted by Crippen LogP contribution is -2.25. The minimum absolute atomic E-state index is 0.705. The molecule has 1 atom stereocenters. The molecule has 2 nitrogen and oxygen atoms in total. The average Bonchev–Trinajstić information content (AvgIpc) is 2.54. The molecule has 1 aliphatic heterocycles. The predicted molar refractivity (Wildman–Crippen MR) is 71.4 cm³/mol. The van der Waals surface area contributed by atoms with Gasteiger partial charge in [-0.3, -0.25) is 0 Å². The third-order valence-electron chi connectivity index (χ3n) is 3.44. The summed E-state index contributed by atoms with van der Waals surface area (Å²) in [5.41, 5.74) is 1.72. The third kappa shape index (κ3) is 2.92. The molecular weight excluding hydrogens is 232 g/mol. The average molecular weight is 249 g/mol. The first-order valence-electron chi connectivity index (χ1n) is 6.15. The van der Waals surface area contributed by atoms with Crippen molar-refractivity contribution >= 4 is 17.3 Å². The summed E-state index contributed by atoms with van der Waals surface area (Å²) in [4.78, 5) is 2.30. The second-order valence-electron chi connectivity index (χ2n) is 4.80. The van der Waals surface area contributed by atoms with Crippen LogP contribution in [-0.4, -0.2) is 13.1 Å². The fraction of sp³-hybridized carbons (Fsp3) is 0.500. The quantitative estimate of drug-likeness (QED) is 0.755. The zero-order chi connectivity index (χ0) is 12.3. The van der Waals surface area contributed by atoms with Gasteiger partial charge in [0.2, 0.25) is 0 Å². The SMILES string of the molecule is CC1CCCN(c2cc(Cl)ccc2C#N)CC1. The summed E-state index contributed by atoms with van der Waals surface area (Å²) in [5, 5.41) is 9.85. The summed E-state index contributed by atoms with van der Waals surface area (Å²) in [7, 11) is 0. The Morgan fingerprint density at radius 1 is 1.35 bits per heavy atom. The minimum Gasteiger partial charge on any atom is -0.370 e. The molecule has 0 aromatic heterocycles. The molecule has 0 amide bonds. The zero-order valence-corrected chi connectivity index (χ0v) is 10.9. The lowest BCUT2D eigenvalue weighted by molar-refractivity contribution is 0.521. The number of benzene rings is 1. The van der Waals surface area contributed by atoms with Crippen LogP contribution in [0.3, 0.4) is 0 Å². The molecule has 2 rings (SSSR count). The summed E-state index contributed by atoms with van der Waals surface area (Å²) in [6.07, 6.45) is 3.66. The molecule has 0 aliphatic carbocycles. The van der Waals surface area contributed by atoms with Crippen molar-refractivity contribution in [3.05, 3.63) is 28.8 Å². The molecule has 1 aromatic carbocycles. The number of halogens is 1. The highest BCUT2D eigenvalue weighted by Crippen LogP contribution is 2.27. The molecule has 1 saturated heterocycles. The molecule has 1 aromatic rings. The Hall–Kier alpha value is -1.20. The van der Waals surface area contributed by atoms with Crippen molar-refractivity contribution < 1.29 is 0 Å². The van der Waals surface area contributed by atoms with E-state index in [-0.39, 0.29) is 0 Å². The standard InChI is InChI=1S/C14H17ClN2/c1-11-3-2-7-17(8-6-11)14-9-13(15)5-4-12(14)10-16/h4-5,9,11H,2-3,6-8H2,1H3. The van der Waals surface area contributed by atoms with Crippen molar-refractivity contribution in [2.75, 3.05) is 18.0 Å². The first-order chi connectivity index (χ1) is 8.20. The second-order valence-corrected chi connectivity index (χ2v) is 5.23. The van der Waals surface area contributed by atoms with E-state index in [9.17, 15) is 0 Å². The van der Waals surface area contributed by atoms with Gasteiger partial charge in [0.15, 0.2) is 0 Å².